The highest BCUT2D eigenvalue weighted by Crippen LogP contribution is 2.51. The van der Waals surface area contributed by atoms with Gasteiger partial charge in [0.05, 0.1) is 21.5 Å². The van der Waals surface area contributed by atoms with Gasteiger partial charge >= 0.3 is 0 Å². The number of benzene rings is 5. The van der Waals surface area contributed by atoms with E-state index in [1.807, 2.05) is 24.3 Å². The lowest BCUT2D eigenvalue weighted by Gasteiger charge is -2.06. The Hall–Kier alpha value is -4.32. The molecule has 0 radical (unpaired) electrons. The van der Waals surface area contributed by atoms with Crippen molar-refractivity contribution >= 4 is 75.4 Å². The molecule has 138 valence electrons. The molecule has 0 aliphatic rings. The third kappa shape index (κ3) is 1.25. The van der Waals surface area contributed by atoms with Gasteiger partial charge in [-0.3, -0.25) is 29.1 Å². The summed E-state index contributed by atoms with van der Waals surface area (Å²) < 4.78 is 0. The summed E-state index contributed by atoms with van der Waals surface area (Å²) in [6.07, 6.45) is 0. The van der Waals surface area contributed by atoms with Gasteiger partial charge in [0, 0.05) is 0 Å². The topological polar surface area (TPSA) is 99.9 Å². The number of nitrogens with one attached hydrogen (secondary N) is 2. The number of aromatic nitrogens is 2. The number of fused-ring (bicyclic) bond motifs is 6. The van der Waals surface area contributed by atoms with Crippen molar-refractivity contribution < 1.29 is 0 Å². The van der Waals surface area contributed by atoms with Crippen LogP contribution < -0.4 is 22.2 Å². The molecule has 2 aromatic heterocycles. The van der Waals surface area contributed by atoms with Crippen LogP contribution in [0, 0.1) is 0 Å². The number of hydrogen-bond donors (Lipinski definition) is 2. The maximum Gasteiger partial charge on any atom is 0.259 e. The minimum atomic E-state index is -0.405. The molecule has 30 heavy (non-hydrogen) atoms. The zero-order chi connectivity index (χ0) is 20.0. The van der Waals surface area contributed by atoms with Crippen LogP contribution in [-0.4, -0.2) is 9.97 Å². The van der Waals surface area contributed by atoms with E-state index in [1.165, 1.54) is 0 Å². The molecule has 0 aliphatic carbocycles. The van der Waals surface area contributed by atoms with Gasteiger partial charge < -0.3 is 0 Å². The third-order valence-electron chi connectivity index (χ3n) is 6.83. The Morgan fingerprint density at radius 3 is 1.03 bits per heavy atom. The number of hydrogen-bond acceptors (Lipinski definition) is 4. The molecule has 8 rings (SSSR count). The molecule has 0 amide bonds. The smallest absolute Gasteiger partial charge is 0.259 e. The number of rotatable bonds is 0. The van der Waals surface area contributed by atoms with Gasteiger partial charge in [-0.25, -0.2) is 0 Å². The van der Waals surface area contributed by atoms with Gasteiger partial charge in [-0.05, 0) is 53.9 Å². The quantitative estimate of drug-likeness (QED) is 0.390. The van der Waals surface area contributed by atoms with Crippen LogP contribution in [0.2, 0.25) is 0 Å². The lowest BCUT2D eigenvalue weighted by molar-refractivity contribution is 1.26. The van der Waals surface area contributed by atoms with E-state index >= 15 is 0 Å². The molecule has 6 nitrogen and oxygen atoms in total. The summed E-state index contributed by atoms with van der Waals surface area (Å²) in [5.41, 5.74) is -1.59. The fourth-order valence-corrected chi connectivity index (χ4v) is 5.83. The highest BCUT2D eigenvalue weighted by molar-refractivity contribution is 6.50. The van der Waals surface area contributed by atoms with Crippen molar-refractivity contribution in [1.29, 1.82) is 0 Å². The standard InChI is InChI=1S/C24H8N2O4/c27-21-17-8-3-1-7-2-4-9-14-12(7)13(8)15-10(19(17)23(29)25-21)5-6-11(16(14)15)20-18(9)22(28)26-24(20)30/h1-6H,(H,25,27,29)(H,26,28,30). The van der Waals surface area contributed by atoms with Crippen molar-refractivity contribution in [1.82, 2.24) is 9.97 Å². The SMILES string of the molecule is O=c1[nH]c(=O)c2c3ccc4c5c(=O)[nH]c(=O)c5c5ccc6ccc(c12)c1c6c5c4c31. The Balaban J connectivity index is 1.97. The molecule has 0 unspecified atom stereocenters. The van der Waals surface area contributed by atoms with Crippen LogP contribution in [-0.2, 0) is 0 Å². The molecule has 0 bridgehead atoms. The van der Waals surface area contributed by atoms with Gasteiger partial charge in [0.15, 0.2) is 0 Å². The van der Waals surface area contributed by atoms with Crippen molar-refractivity contribution in [3.05, 3.63) is 77.8 Å². The molecule has 0 spiro atoms. The number of H-pyrrole nitrogens is 2. The van der Waals surface area contributed by atoms with Crippen LogP contribution >= 0.6 is 0 Å². The van der Waals surface area contributed by atoms with E-state index in [2.05, 4.69) is 9.97 Å². The molecular formula is C24H8N2O4. The Bertz CT molecular complexity index is 2080. The largest absolute Gasteiger partial charge is 0.288 e. The van der Waals surface area contributed by atoms with Crippen molar-refractivity contribution in [3.8, 4) is 0 Å². The Morgan fingerprint density at radius 2 is 0.667 bits per heavy atom. The van der Waals surface area contributed by atoms with E-state index in [0.29, 0.717) is 32.3 Å². The first-order valence-corrected chi connectivity index (χ1v) is 9.55. The van der Waals surface area contributed by atoms with Crippen molar-refractivity contribution in [2.45, 2.75) is 0 Å². The fourth-order valence-electron chi connectivity index (χ4n) is 5.83. The highest BCUT2D eigenvalue weighted by Gasteiger charge is 2.27. The molecule has 8 aromatic rings. The van der Waals surface area contributed by atoms with Crippen molar-refractivity contribution in [2.24, 2.45) is 0 Å². The normalized spacial score (nSPS) is 13.2. The Kier molecular flexibility index (Phi) is 2.03. The summed E-state index contributed by atoms with van der Waals surface area (Å²) in [4.78, 5) is 55.4. The van der Waals surface area contributed by atoms with Crippen molar-refractivity contribution in [2.75, 3.05) is 0 Å². The van der Waals surface area contributed by atoms with Gasteiger partial charge in [-0.15, -0.1) is 0 Å². The fraction of sp³-hybridized carbons (Fsp3) is 0. The number of aromatic amines is 2. The average Bonchev–Trinajstić information content (AvgIpc) is 3.35. The predicted octanol–water partition coefficient (Wildman–Crippen LogP) is 3.05. The molecule has 6 heteroatoms. The minimum Gasteiger partial charge on any atom is -0.288 e. The van der Waals surface area contributed by atoms with E-state index in [1.54, 1.807) is 12.1 Å². The first-order chi connectivity index (χ1) is 14.6. The maximum absolute atomic E-state index is 12.7. The molecule has 2 heterocycles. The summed E-state index contributed by atoms with van der Waals surface area (Å²) in [7, 11) is 0. The summed E-state index contributed by atoms with van der Waals surface area (Å²) in [5.74, 6) is 0. The van der Waals surface area contributed by atoms with Crippen LogP contribution in [0.3, 0.4) is 0 Å². The molecule has 0 saturated heterocycles. The first kappa shape index (κ1) is 14.6. The van der Waals surface area contributed by atoms with Crippen LogP contribution in [0.5, 0.6) is 0 Å². The first-order valence-electron chi connectivity index (χ1n) is 9.55. The third-order valence-corrected chi connectivity index (χ3v) is 6.83. The van der Waals surface area contributed by atoms with Crippen LogP contribution in [0.25, 0.3) is 75.4 Å². The second kappa shape index (κ2) is 4.16. The molecule has 0 aliphatic heterocycles. The van der Waals surface area contributed by atoms with Crippen LogP contribution in [0.4, 0.5) is 0 Å². The lowest BCUT2D eigenvalue weighted by Crippen LogP contribution is -2.05. The van der Waals surface area contributed by atoms with Gasteiger partial charge in [-0.2, -0.15) is 0 Å². The average molecular weight is 388 g/mol. The zero-order valence-electron chi connectivity index (χ0n) is 15.1. The molecular weight excluding hydrogens is 380 g/mol. The van der Waals surface area contributed by atoms with E-state index in [0.717, 1.165) is 43.1 Å². The molecule has 0 atom stereocenters. The van der Waals surface area contributed by atoms with Gasteiger partial charge in [-0.1, -0.05) is 36.4 Å². The second-order valence-electron chi connectivity index (χ2n) is 8.05. The summed E-state index contributed by atoms with van der Waals surface area (Å²) in [6, 6.07) is 11.2. The van der Waals surface area contributed by atoms with Crippen LogP contribution in [0.1, 0.15) is 0 Å². The van der Waals surface area contributed by atoms with Gasteiger partial charge in [0.25, 0.3) is 22.2 Å². The van der Waals surface area contributed by atoms with E-state index in [-0.39, 0.29) is 0 Å². The van der Waals surface area contributed by atoms with E-state index in [4.69, 9.17) is 0 Å². The summed E-state index contributed by atoms with van der Waals surface area (Å²) in [6.45, 7) is 0. The highest BCUT2D eigenvalue weighted by atomic mass is 16.2. The van der Waals surface area contributed by atoms with Crippen LogP contribution in [0.15, 0.2) is 55.6 Å². The second-order valence-corrected chi connectivity index (χ2v) is 8.05. The molecule has 0 fully saturated rings. The Morgan fingerprint density at radius 1 is 0.367 bits per heavy atom. The summed E-state index contributed by atoms with van der Waals surface area (Å²) in [5, 5.41) is 9.92. The van der Waals surface area contributed by atoms with E-state index in [9.17, 15) is 19.2 Å². The monoisotopic (exact) mass is 388 g/mol. The zero-order valence-corrected chi connectivity index (χ0v) is 15.1. The van der Waals surface area contributed by atoms with E-state index < -0.39 is 22.2 Å². The van der Waals surface area contributed by atoms with Gasteiger partial charge in [0.1, 0.15) is 0 Å². The van der Waals surface area contributed by atoms with Crippen molar-refractivity contribution in [3.63, 3.8) is 0 Å². The molecule has 6 aromatic carbocycles. The Labute approximate surface area is 163 Å². The lowest BCUT2D eigenvalue weighted by atomic mass is 9.94. The molecule has 0 saturated carbocycles. The summed E-state index contributed by atoms with van der Waals surface area (Å²) >= 11 is 0. The maximum atomic E-state index is 12.7. The van der Waals surface area contributed by atoms with Gasteiger partial charge in [0.2, 0.25) is 0 Å². The predicted molar refractivity (Wildman–Crippen MR) is 119 cm³/mol. The molecule has 2 N–H and O–H groups in total. The minimum absolute atomic E-state index is 0.380.